The van der Waals surface area contributed by atoms with Crippen molar-refractivity contribution in [3.63, 3.8) is 0 Å². The number of fused-ring (bicyclic) bond motifs is 6. The van der Waals surface area contributed by atoms with E-state index < -0.39 is 0 Å². The van der Waals surface area contributed by atoms with E-state index in [2.05, 4.69) is 196 Å². The molecular weight excluding hydrogens is 613 g/mol. The third kappa shape index (κ3) is 4.46. The molecule has 0 amide bonds. The third-order valence-corrected chi connectivity index (χ3v) is 11.3. The van der Waals surface area contributed by atoms with Crippen LogP contribution in [-0.4, -0.2) is 0 Å². The summed E-state index contributed by atoms with van der Waals surface area (Å²) in [5.41, 5.74) is 15.5. The molecule has 0 unspecified atom stereocenters. The summed E-state index contributed by atoms with van der Waals surface area (Å²) >= 11 is 0. The SMILES string of the molecule is CC1(C)c2ccccc2-c2c(-c3c4ccccc4c(-c4ccc(-c5ccccc5)c5ccccc45)c4ccc(-c5ccccc5)cc34)cccc21. The normalized spacial score (nSPS) is 13.1. The number of benzene rings is 9. The van der Waals surface area contributed by atoms with Crippen LogP contribution in [0.4, 0.5) is 0 Å². The predicted octanol–water partition coefficient (Wildman–Crippen LogP) is 14.1. The van der Waals surface area contributed by atoms with Crippen LogP contribution in [0.25, 0.3) is 88.0 Å². The molecule has 10 rings (SSSR count). The second-order valence-corrected chi connectivity index (χ2v) is 14.4. The number of hydrogen-bond donors (Lipinski definition) is 0. The van der Waals surface area contributed by atoms with E-state index in [-0.39, 0.29) is 5.41 Å². The number of rotatable bonds is 4. The van der Waals surface area contributed by atoms with Crippen molar-refractivity contribution >= 4 is 32.3 Å². The minimum atomic E-state index is -0.0813. The molecule has 0 saturated heterocycles. The van der Waals surface area contributed by atoms with Crippen molar-refractivity contribution in [1.82, 2.24) is 0 Å². The van der Waals surface area contributed by atoms with Crippen LogP contribution in [0.2, 0.25) is 0 Å². The maximum atomic E-state index is 2.45. The number of hydrogen-bond acceptors (Lipinski definition) is 0. The van der Waals surface area contributed by atoms with Crippen LogP contribution in [-0.2, 0) is 5.41 Å². The van der Waals surface area contributed by atoms with Crippen LogP contribution < -0.4 is 0 Å². The summed E-state index contributed by atoms with van der Waals surface area (Å²) in [6, 6.07) is 67.4. The molecule has 9 aromatic rings. The van der Waals surface area contributed by atoms with E-state index in [4.69, 9.17) is 0 Å². The second kappa shape index (κ2) is 11.4. The lowest BCUT2D eigenvalue weighted by molar-refractivity contribution is 0.660. The molecule has 0 atom stereocenters. The fourth-order valence-corrected chi connectivity index (χ4v) is 8.92. The Balaban J connectivity index is 1.35. The smallest absolute Gasteiger partial charge is 0.0159 e. The third-order valence-electron chi connectivity index (χ3n) is 11.3. The molecule has 240 valence electrons. The highest BCUT2D eigenvalue weighted by atomic mass is 14.4. The average molecular weight is 649 g/mol. The van der Waals surface area contributed by atoms with Crippen LogP contribution in [0.3, 0.4) is 0 Å². The van der Waals surface area contributed by atoms with Crippen molar-refractivity contribution in [1.29, 1.82) is 0 Å². The Labute approximate surface area is 299 Å². The minimum absolute atomic E-state index is 0.0813. The van der Waals surface area contributed by atoms with Crippen molar-refractivity contribution in [2.75, 3.05) is 0 Å². The topological polar surface area (TPSA) is 0 Å². The van der Waals surface area contributed by atoms with E-state index in [1.807, 2.05) is 0 Å². The van der Waals surface area contributed by atoms with E-state index in [0.717, 1.165) is 0 Å². The molecule has 0 heteroatoms. The zero-order valence-electron chi connectivity index (χ0n) is 28.8. The van der Waals surface area contributed by atoms with Gasteiger partial charge >= 0.3 is 0 Å². The van der Waals surface area contributed by atoms with Gasteiger partial charge in [0.25, 0.3) is 0 Å². The fourth-order valence-electron chi connectivity index (χ4n) is 8.92. The summed E-state index contributed by atoms with van der Waals surface area (Å²) in [6.07, 6.45) is 0. The van der Waals surface area contributed by atoms with Crippen LogP contribution in [0, 0.1) is 0 Å². The summed E-state index contributed by atoms with van der Waals surface area (Å²) in [5, 5.41) is 7.62. The van der Waals surface area contributed by atoms with Crippen molar-refractivity contribution < 1.29 is 0 Å². The van der Waals surface area contributed by atoms with Gasteiger partial charge in [-0.15, -0.1) is 0 Å². The van der Waals surface area contributed by atoms with Gasteiger partial charge in [-0.2, -0.15) is 0 Å². The van der Waals surface area contributed by atoms with Gasteiger partial charge in [-0.25, -0.2) is 0 Å². The molecule has 0 radical (unpaired) electrons. The predicted molar refractivity (Wildman–Crippen MR) is 218 cm³/mol. The first-order valence-electron chi connectivity index (χ1n) is 17.9. The van der Waals surface area contributed by atoms with Gasteiger partial charge in [-0.05, 0) is 105 Å². The molecule has 0 saturated carbocycles. The second-order valence-electron chi connectivity index (χ2n) is 14.4. The standard InChI is InChI=1S/C51H36/c1-51(2)46-26-14-13-24-43(46)50-44(25-15-27-47(50)51)49-40-23-12-11-22-39(40)48(42-29-28-35(32-45(42)49)33-16-5-3-6-17-33)41-31-30-36(34-18-7-4-8-19-34)37-20-9-10-21-38(37)41/h3-32H,1-2H3. The van der Waals surface area contributed by atoms with Crippen molar-refractivity contribution in [3.05, 3.63) is 193 Å². The summed E-state index contributed by atoms with van der Waals surface area (Å²) in [5.74, 6) is 0. The van der Waals surface area contributed by atoms with Crippen LogP contribution in [0.1, 0.15) is 25.0 Å². The maximum absolute atomic E-state index is 2.45. The molecule has 0 N–H and O–H groups in total. The lowest BCUT2D eigenvalue weighted by Crippen LogP contribution is -2.14. The monoisotopic (exact) mass is 648 g/mol. The highest BCUT2D eigenvalue weighted by Crippen LogP contribution is 2.55. The minimum Gasteiger partial charge on any atom is -0.0622 e. The molecule has 0 aliphatic heterocycles. The zero-order chi connectivity index (χ0) is 34.1. The van der Waals surface area contributed by atoms with Crippen LogP contribution in [0.15, 0.2) is 182 Å². The van der Waals surface area contributed by atoms with Gasteiger partial charge in [-0.1, -0.05) is 190 Å². The van der Waals surface area contributed by atoms with Gasteiger partial charge in [0.15, 0.2) is 0 Å². The molecule has 0 bridgehead atoms. The largest absolute Gasteiger partial charge is 0.0622 e. The molecule has 0 fully saturated rings. The first-order chi connectivity index (χ1) is 25.1. The molecule has 0 aromatic heterocycles. The van der Waals surface area contributed by atoms with Gasteiger partial charge < -0.3 is 0 Å². The highest BCUT2D eigenvalue weighted by Gasteiger charge is 2.37. The Kier molecular flexibility index (Phi) is 6.63. The maximum Gasteiger partial charge on any atom is 0.0159 e. The van der Waals surface area contributed by atoms with Gasteiger partial charge in [0, 0.05) is 5.41 Å². The Morgan fingerprint density at radius 2 is 0.784 bits per heavy atom. The van der Waals surface area contributed by atoms with Gasteiger partial charge in [0.2, 0.25) is 0 Å². The molecule has 1 aliphatic carbocycles. The Hall–Kier alpha value is -6.24. The van der Waals surface area contributed by atoms with E-state index in [1.54, 1.807) is 0 Å². The lowest BCUT2D eigenvalue weighted by atomic mass is 9.80. The first kappa shape index (κ1) is 29.7. The van der Waals surface area contributed by atoms with E-state index in [0.29, 0.717) is 0 Å². The summed E-state index contributed by atoms with van der Waals surface area (Å²) in [4.78, 5) is 0. The highest BCUT2D eigenvalue weighted by molar-refractivity contribution is 6.25. The molecule has 9 aromatic carbocycles. The molecular formula is C51H36. The molecule has 0 heterocycles. The molecule has 0 nitrogen and oxygen atoms in total. The molecule has 0 spiro atoms. The van der Waals surface area contributed by atoms with Crippen LogP contribution >= 0.6 is 0 Å². The van der Waals surface area contributed by atoms with Crippen molar-refractivity contribution in [2.45, 2.75) is 19.3 Å². The van der Waals surface area contributed by atoms with Gasteiger partial charge in [0.1, 0.15) is 0 Å². The first-order valence-corrected chi connectivity index (χ1v) is 17.9. The molecule has 1 aliphatic rings. The summed E-state index contributed by atoms with van der Waals surface area (Å²) in [7, 11) is 0. The Bertz CT molecular complexity index is 2800. The van der Waals surface area contributed by atoms with Gasteiger partial charge in [0.05, 0.1) is 0 Å². The fraction of sp³-hybridized carbons (Fsp3) is 0.0588. The summed E-state index contributed by atoms with van der Waals surface area (Å²) < 4.78 is 0. The van der Waals surface area contributed by atoms with Crippen LogP contribution in [0.5, 0.6) is 0 Å². The van der Waals surface area contributed by atoms with Gasteiger partial charge in [-0.3, -0.25) is 0 Å². The van der Waals surface area contributed by atoms with Crippen molar-refractivity contribution in [3.8, 4) is 55.6 Å². The summed E-state index contributed by atoms with van der Waals surface area (Å²) in [6.45, 7) is 4.75. The quantitative estimate of drug-likeness (QED) is 0.167. The Morgan fingerprint density at radius 1 is 0.275 bits per heavy atom. The lowest BCUT2D eigenvalue weighted by Gasteiger charge is -2.23. The Morgan fingerprint density at radius 3 is 1.51 bits per heavy atom. The van der Waals surface area contributed by atoms with E-state index in [9.17, 15) is 0 Å². The van der Waals surface area contributed by atoms with E-state index >= 15 is 0 Å². The van der Waals surface area contributed by atoms with Crippen molar-refractivity contribution in [2.24, 2.45) is 0 Å². The average Bonchev–Trinajstić information content (AvgIpc) is 3.43. The molecule has 51 heavy (non-hydrogen) atoms. The van der Waals surface area contributed by atoms with E-state index in [1.165, 1.54) is 99.1 Å². The zero-order valence-corrected chi connectivity index (χ0v) is 28.8.